The van der Waals surface area contributed by atoms with E-state index >= 15 is 0 Å². The molecule has 28 heavy (non-hydrogen) atoms. The number of nitrogens with one attached hydrogen (secondary N) is 1. The van der Waals surface area contributed by atoms with Crippen molar-refractivity contribution >= 4 is 23.3 Å². The van der Waals surface area contributed by atoms with Crippen molar-refractivity contribution in [3.05, 3.63) is 30.5 Å². The molecule has 0 unspecified atom stereocenters. The van der Waals surface area contributed by atoms with Crippen LogP contribution in [0, 0.1) is 0 Å². The summed E-state index contributed by atoms with van der Waals surface area (Å²) in [6, 6.07) is 4.75. The zero-order valence-corrected chi connectivity index (χ0v) is 15.3. The Bertz CT molecular complexity index is 866. The maximum atomic E-state index is 12.8. The van der Waals surface area contributed by atoms with Crippen molar-refractivity contribution < 1.29 is 32.2 Å². The number of hydrogen-bond acceptors (Lipinski definition) is 7. The smallest absolute Gasteiger partial charge is 0.451 e. The number of anilines is 3. The van der Waals surface area contributed by atoms with Gasteiger partial charge in [-0.05, 0) is 32.9 Å². The van der Waals surface area contributed by atoms with Gasteiger partial charge in [-0.3, -0.25) is 5.32 Å². The second kappa shape index (κ2) is 7.71. The van der Waals surface area contributed by atoms with E-state index in [1.54, 1.807) is 20.8 Å². The fourth-order valence-electron chi connectivity index (χ4n) is 1.97. The lowest BCUT2D eigenvalue weighted by Gasteiger charge is -2.20. The van der Waals surface area contributed by atoms with Crippen LogP contribution >= 0.6 is 0 Å². The molecule has 152 valence electrons. The Hall–Kier alpha value is -3.37. The number of carbonyl (C=O) groups excluding carboxylic acids is 1. The molecule has 0 saturated heterocycles. The number of rotatable bonds is 4. The van der Waals surface area contributed by atoms with E-state index in [-0.39, 0.29) is 28.7 Å². The van der Waals surface area contributed by atoms with Crippen LogP contribution in [0.5, 0.6) is 17.2 Å². The number of benzene rings is 1. The van der Waals surface area contributed by atoms with Gasteiger partial charge in [0.25, 0.3) is 0 Å². The molecule has 0 radical (unpaired) electrons. The molecule has 11 heteroatoms. The molecule has 0 aliphatic carbocycles. The first-order chi connectivity index (χ1) is 12.8. The van der Waals surface area contributed by atoms with Gasteiger partial charge in [0.05, 0.1) is 0 Å². The third kappa shape index (κ3) is 6.11. The largest absolute Gasteiger partial charge is 0.573 e. The van der Waals surface area contributed by atoms with Gasteiger partial charge in [0.1, 0.15) is 17.1 Å². The molecule has 1 heterocycles. The summed E-state index contributed by atoms with van der Waals surface area (Å²) in [6.45, 7) is 4.94. The van der Waals surface area contributed by atoms with Gasteiger partial charge < -0.3 is 25.7 Å². The number of alkyl halides is 3. The molecular weight excluding hydrogens is 381 g/mol. The summed E-state index contributed by atoms with van der Waals surface area (Å²) in [7, 11) is 0. The van der Waals surface area contributed by atoms with E-state index in [1.807, 2.05) is 0 Å². The van der Waals surface area contributed by atoms with E-state index in [4.69, 9.17) is 20.9 Å². The van der Waals surface area contributed by atoms with Crippen molar-refractivity contribution in [2.45, 2.75) is 32.7 Å². The van der Waals surface area contributed by atoms with Gasteiger partial charge >= 0.3 is 12.5 Å². The van der Waals surface area contributed by atoms with Crippen molar-refractivity contribution in [1.82, 2.24) is 4.98 Å². The molecule has 0 aliphatic rings. The van der Waals surface area contributed by atoms with Crippen molar-refractivity contribution in [3.8, 4) is 17.2 Å². The first kappa shape index (κ1) is 20.9. The van der Waals surface area contributed by atoms with Crippen molar-refractivity contribution in [2.75, 3.05) is 16.8 Å². The van der Waals surface area contributed by atoms with Gasteiger partial charge in [0.15, 0.2) is 17.2 Å². The Morgan fingerprint density at radius 3 is 2.36 bits per heavy atom. The maximum Gasteiger partial charge on any atom is 0.573 e. The molecule has 0 fully saturated rings. The second-order valence-corrected chi connectivity index (χ2v) is 6.55. The molecule has 0 bridgehead atoms. The lowest BCUT2D eigenvalue weighted by Crippen LogP contribution is -2.27. The standard InChI is InChI=1S/C17H19F3N4O4/c1-16(2,3)28-15(25)24-9-4-5-10(12(8-9)27-17(18,19)20)26-11-6-7-23-14(22)13(11)21/h4-8H,21H2,1-3H3,(H2,22,23)(H,24,25). The van der Waals surface area contributed by atoms with Gasteiger partial charge in [-0.1, -0.05) is 0 Å². The lowest BCUT2D eigenvalue weighted by atomic mass is 10.2. The second-order valence-electron chi connectivity index (χ2n) is 6.55. The summed E-state index contributed by atoms with van der Waals surface area (Å²) < 4.78 is 52.8. The maximum absolute atomic E-state index is 12.8. The first-order valence-electron chi connectivity index (χ1n) is 7.92. The minimum atomic E-state index is -4.99. The minimum absolute atomic E-state index is 0.00284. The number of pyridine rings is 1. The molecule has 0 atom stereocenters. The van der Waals surface area contributed by atoms with E-state index < -0.39 is 23.8 Å². The van der Waals surface area contributed by atoms with E-state index in [2.05, 4.69) is 15.0 Å². The topological polar surface area (TPSA) is 122 Å². The summed E-state index contributed by atoms with van der Waals surface area (Å²) in [5, 5.41) is 2.32. The normalized spacial score (nSPS) is 11.6. The fourth-order valence-corrected chi connectivity index (χ4v) is 1.97. The summed E-state index contributed by atoms with van der Waals surface area (Å²) in [6.07, 6.45) is -4.56. The van der Waals surface area contributed by atoms with Gasteiger partial charge in [-0.2, -0.15) is 0 Å². The van der Waals surface area contributed by atoms with Crippen LogP contribution in [0.3, 0.4) is 0 Å². The number of nitrogens with zero attached hydrogens (tertiary/aromatic N) is 1. The van der Waals surface area contributed by atoms with Crippen LogP contribution in [0.4, 0.5) is 35.2 Å². The van der Waals surface area contributed by atoms with Gasteiger partial charge in [-0.25, -0.2) is 9.78 Å². The Morgan fingerprint density at radius 1 is 1.07 bits per heavy atom. The summed E-state index contributed by atoms with van der Waals surface area (Å²) in [5.74, 6) is -1.05. The molecule has 0 spiro atoms. The van der Waals surface area contributed by atoms with E-state index in [0.29, 0.717) is 0 Å². The quantitative estimate of drug-likeness (QED) is 0.700. The van der Waals surface area contributed by atoms with Crippen LogP contribution in [-0.4, -0.2) is 23.0 Å². The summed E-state index contributed by atoms with van der Waals surface area (Å²) >= 11 is 0. The van der Waals surface area contributed by atoms with Crippen LogP contribution in [0.15, 0.2) is 30.5 Å². The monoisotopic (exact) mass is 400 g/mol. The zero-order chi connectivity index (χ0) is 21.1. The highest BCUT2D eigenvalue weighted by atomic mass is 19.4. The zero-order valence-electron chi connectivity index (χ0n) is 15.3. The van der Waals surface area contributed by atoms with Crippen molar-refractivity contribution in [3.63, 3.8) is 0 Å². The number of halogens is 3. The number of nitrogens with two attached hydrogens (primary N) is 2. The molecule has 1 aromatic heterocycles. The van der Waals surface area contributed by atoms with Gasteiger partial charge in [-0.15, -0.1) is 13.2 Å². The van der Waals surface area contributed by atoms with Crippen molar-refractivity contribution in [2.24, 2.45) is 0 Å². The van der Waals surface area contributed by atoms with Crippen LogP contribution in [-0.2, 0) is 4.74 Å². The predicted octanol–water partition coefficient (Wildman–Crippen LogP) is 4.28. The SMILES string of the molecule is CC(C)(C)OC(=O)Nc1ccc(Oc2ccnc(N)c2N)c(OC(F)(F)F)c1. The molecule has 2 aromatic rings. The molecule has 8 nitrogen and oxygen atoms in total. The van der Waals surface area contributed by atoms with Crippen LogP contribution in [0.2, 0.25) is 0 Å². The third-order valence-electron chi connectivity index (χ3n) is 3.02. The highest BCUT2D eigenvalue weighted by Gasteiger charge is 2.33. The Balaban J connectivity index is 2.32. The van der Waals surface area contributed by atoms with Crippen LogP contribution < -0.4 is 26.3 Å². The summed E-state index contributed by atoms with van der Waals surface area (Å²) in [4.78, 5) is 15.6. The average Bonchev–Trinajstić information content (AvgIpc) is 2.50. The Kier molecular flexibility index (Phi) is 5.76. The minimum Gasteiger partial charge on any atom is -0.451 e. The number of amides is 1. The molecule has 5 N–H and O–H groups in total. The average molecular weight is 400 g/mol. The number of nitrogen functional groups attached to an aromatic ring is 2. The number of ether oxygens (including phenoxy) is 3. The highest BCUT2D eigenvalue weighted by Crippen LogP contribution is 2.39. The van der Waals surface area contributed by atoms with Crippen LogP contribution in [0.1, 0.15) is 20.8 Å². The molecule has 0 saturated carbocycles. The van der Waals surface area contributed by atoms with Gasteiger partial charge in [0, 0.05) is 24.0 Å². The van der Waals surface area contributed by atoms with E-state index in [0.717, 1.165) is 6.07 Å². The lowest BCUT2D eigenvalue weighted by molar-refractivity contribution is -0.275. The number of hydrogen-bond donors (Lipinski definition) is 3. The molecule has 1 amide bonds. The van der Waals surface area contributed by atoms with E-state index in [1.165, 1.54) is 24.4 Å². The van der Waals surface area contributed by atoms with Gasteiger partial charge in [0.2, 0.25) is 0 Å². The molecular formula is C17H19F3N4O4. The number of aromatic nitrogens is 1. The first-order valence-corrected chi connectivity index (χ1v) is 7.92. The fraction of sp³-hybridized carbons (Fsp3) is 0.294. The van der Waals surface area contributed by atoms with E-state index in [9.17, 15) is 18.0 Å². The van der Waals surface area contributed by atoms with Crippen LogP contribution in [0.25, 0.3) is 0 Å². The summed E-state index contributed by atoms with van der Waals surface area (Å²) in [5.41, 5.74) is 10.4. The Labute approximate surface area is 158 Å². The predicted molar refractivity (Wildman–Crippen MR) is 96.1 cm³/mol. The molecule has 0 aliphatic heterocycles. The number of carbonyl (C=O) groups is 1. The Morgan fingerprint density at radius 2 is 1.75 bits per heavy atom. The van der Waals surface area contributed by atoms with Crippen molar-refractivity contribution in [1.29, 1.82) is 0 Å². The molecule has 1 aromatic carbocycles. The molecule has 2 rings (SSSR count). The third-order valence-corrected chi connectivity index (χ3v) is 3.02. The highest BCUT2D eigenvalue weighted by molar-refractivity contribution is 5.85.